The van der Waals surface area contributed by atoms with E-state index in [4.69, 9.17) is 5.73 Å². The molecule has 2 fully saturated rings. The average Bonchev–Trinajstić information content (AvgIpc) is 2.99. The molecule has 0 radical (unpaired) electrons. The standard InChI is InChI=1S/C18H34N2O/c1-14(2)13-20(17-5-3-4-6-17)18(21)11-15-7-9-16(12-19)10-8-15/h14-17H,3-13,19H2,1-2H3. The van der Waals surface area contributed by atoms with Crippen LogP contribution in [-0.2, 0) is 4.79 Å². The van der Waals surface area contributed by atoms with Crippen molar-refractivity contribution in [1.82, 2.24) is 4.90 Å². The van der Waals surface area contributed by atoms with Gasteiger partial charge in [-0.25, -0.2) is 0 Å². The maximum absolute atomic E-state index is 12.8. The Labute approximate surface area is 130 Å². The quantitative estimate of drug-likeness (QED) is 0.814. The first kappa shape index (κ1) is 16.8. The number of amides is 1. The van der Waals surface area contributed by atoms with Crippen LogP contribution in [0.3, 0.4) is 0 Å². The number of rotatable bonds is 6. The molecular weight excluding hydrogens is 260 g/mol. The lowest BCUT2D eigenvalue weighted by atomic mass is 9.80. The molecule has 0 spiro atoms. The molecule has 0 unspecified atom stereocenters. The minimum absolute atomic E-state index is 0.423. The molecule has 0 bridgehead atoms. The Bertz CT molecular complexity index is 315. The summed E-state index contributed by atoms with van der Waals surface area (Å²) in [6.45, 7) is 6.22. The van der Waals surface area contributed by atoms with Crippen molar-refractivity contribution < 1.29 is 4.79 Å². The van der Waals surface area contributed by atoms with Gasteiger partial charge in [0.25, 0.3) is 0 Å². The maximum atomic E-state index is 12.8. The summed E-state index contributed by atoms with van der Waals surface area (Å²) in [6, 6.07) is 0.528. The summed E-state index contributed by atoms with van der Waals surface area (Å²) >= 11 is 0. The molecule has 122 valence electrons. The van der Waals surface area contributed by atoms with Gasteiger partial charge < -0.3 is 10.6 Å². The van der Waals surface area contributed by atoms with Crippen molar-refractivity contribution >= 4 is 5.91 Å². The van der Waals surface area contributed by atoms with Crippen molar-refractivity contribution in [3.05, 3.63) is 0 Å². The van der Waals surface area contributed by atoms with Crippen LogP contribution in [0.15, 0.2) is 0 Å². The molecule has 1 amide bonds. The monoisotopic (exact) mass is 294 g/mol. The van der Waals surface area contributed by atoms with E-state index in [1.165, 1.54) is 51.4 Å². The fraction of sp³-hybridized carbons (Fsp3) is 0.944. The molecule has 3 heteroatoms. The Balaban J connectivity index is 1.86. The minimum atomic E-state index is 0.423. The predicted octanol–water partition coefficient (Wildman–Crippen LogP) is 3.57. The Hall–Kier alpha value is -0.570. The zero-order chi connectivity index (χ0) is 15.2. The van der Waals surface area contributed by atoms with Gasteiger partial charge in [0.05, 0.1) is 0 Å². The van der Waals surface area contributed by atoms with Crippen molar-refractivity contribution in [3.63, 3.8) is 0 Å². The highest BCUT2D eigenvalue weighted by molar-refractivity contribution is 5.76. The number of hydrogen-bond acceptors (Lipinski definition) is 2. The smallest absolute Gasteiger partial charge is 0.223 e. The van der Waals surface area contributed by atoms with E-state index < -0.39 is 0 Å². The Morgan fingerprint density at radius 2 is 1.62 bits per heavy atom. The fourth-order valence-electron chi connectivity index (χ4n) is 4.10. The van der Waals surface area contributed by atoms with Crippen LogP contribution in [0.2, 0.25) is 0 Å². The molecule has 2 rings (SSSR count). The van der Waals surface area contributed by atoms with Crippen molar-refractivity contribution in [3.8, 4) is 0 Å². The van der Waals surface area contributed by atoms with Gasteiger partial charge in [-0.05, 0) is 62.8 Å². The van der Waals surface area contributed by atoms with Crippen LogP contribution in [0.1, 0.15) is 71.6 Å². The minimum Gasteiger partial charge on any atom is -0.339 e. The van der Waals surface area contributed by atoms with Gasteiger partial charge in [-0.3, -0.25) is 4.79 Å². The largest absolute Gasteiger partial charge is 0.339 e. The third-order valence-electron chi connectivity index (χ3n) is 5.41. The topological polar surface area (TPSA) is 46.3 Å². The molecule has 2 aliphatic carbocycles. The lowest BCUT2D eigenvalue weighted by Crippen LogP contribution is -2.42. The van der Waals surface area contributed by atoms with Gasteiger partial charge in [0.2, 0.25) is 5.91 Å². The number of hydrogen-bond donors (Lipinski definition) is 1. The van der Waals surface area contributed by atoms with E-state index in [1.807, 2.05) is 0 Å². The average molecular weight is 294 g/mol. The van der Waals surface area contributed by atoms with Crippen LogP contribution in [-0.4, -0.2) is 29.9 Å². The Kier molecular flexibility index (Phi) is 6.53. The molecule has 0 atom stereocenters. The molecule has 2 saturated carbocycles. The van der Waals surface area contributed by atoms with E-state index >= 15 is 0 Å². The first-order chi connectivity index (χ1) is 10.1. The summed E-state index contributed by atoms with van der Waals surface area (Å²) < 4.78 is 0. The van der Waals surface area contributed by atoms with Gasteiger partial charge in [-0.1, -0.05) is 26.7 Å². The molecular formula is C18H34N2O. The summed E-state index contributed by atoms with van der Waals surface area (Å²) in [7, 11) is 0. The number of carbonyl (C=O) groups excluding carboxylic acids is 1. The third-order valence-corrected chi connectivity index (χ3v) is 5.41. The van der Waals surface area contributed by atoms with E-state index in [1.54, 1.807) is 0 Å². The van der Waals surface area contributed by atoms with Crippen molar-refractivity contribution in [1.29, 1.82) is 0 Å². The second-order valence-electron chi connectivity index (χ2n) is 7.70. The summed E-state index contributed by atoms with van der Waals surface area (Å²) in [5.74, 6) is 2.31. The van der Waals surface area contributed by atoms with E-state index in [2.05, 4.69) is 18.7 Å². The predicted molar refractivity (Wildman–Crippen MR) is 87.9 cm³/mol. The van der Waals surface area contributed by atoms with Gasteiger partial charge in [-0.15, -0.1) is 0 Å². The van der Waals surface area contributed by atoms with E-state index in [0.717, 1.165) is 19.5 Å². The summed E-state index contributed by atoms with van der Waals surface area (Å²) in [5, 5.41) is 0. The highest BCUT2D eigenvalue weighted by atomic mass is 16.2. The third kappa shape index (κ3) is 4.98. The summed E-state index contributed by atoms with van der Waals surface area (Å²) in [6.07, 6.45) is 10.7. The maximum Gasteiger partial charge on any atom is 0.223 e. The van der Waals surface area contributed by atoms with E-state index in [-0.39, 0.29) is 0 Å². The molecule has 0 aromatic heterocycles. The second-order valence-corrected chi connectivity index (χ2v) is 7.70. The van der Waals surface area contributed by atoms with Gasteiger partial charge in [0, 0.05) is 19.0 Å². The molecule has 3 nitrogen and oxygen atoms in total. The Morgan fingerprint density at radius 3 is 2.14 bits per heavy atom. The van der Waals surface area contributed by atoms with Gasteiger partial charge in [0.1, 0.15) is 0 Å². The number of nitrogens with zero attached hydrogens (tertiary/aromatic N) is 1. The fourth-order valence-corrected chi connectivity index (χ4v) is 4.10. The zero-order valence-electron chi connectivity index (χ0n) is 14.0. The van der Waals surface area contributed by atoms with Gasteiger partial charge >= 0.3 is 0 Å². The van der Waals surface area contributed by atoms with Crippen LogP contribution in [0.5, 0.6) is 0 Å². The second kappa shape index (κ2) is 8.17. The molecule has 0 heterocycles. The van der Waals surface area contributed by atoms with Crippen molar-refractivity contribution in [2.75, 3.05) is 13.1 Å². The van der Waals surface area contributed by atoms with Gasteiger partial charge in [-0.2, -0.15) is 0 Å². The van der Waals surface area contributed by atoms with Crippen LogP contribution < -0.4 is 5.73 Å². The molecule has 21 heavy (non-hydrogen) atoms. The molecule has 0 aliphatic heterocycles. The number of nitrogens with two attached hydrogens (primary N) is 1. The molecule has 0 aromatic carbocycles. The van der Waals surface area contributed by atoms with Crippen LogP contribution in [0, 0.1) is 17.8 Å². The molecule has 0 aromatic rings. The summed E-state index contributed by atoms with van der Waals surface area (Å²) in [5.41, 5.74) is 5.76. The van der Waals surface area contributed by atoms with Gasteiger partial charge in [0.15, 0.2) is 0 Å². The SMILES string of the molecule is CC(C)CN(C(=O)CC1CCC(CN)CC1)C1CCCC1. The van der Waals surface area contributed by atoms with Crippen LogP contribution in [0.25, 0.3) is 0 Å². The first-order valence-electron chi connectivity index (χ1n) is 9.09. The lowest BCUT2D eigenvalue weighted by molar-refractivity contribution is -0.135. The summed E-state index contributed by atoms with van der Waals surface area (Å²) in [4.78, 5) is 15.0. The highest BCUT2D eigenvalue weighted by Gasteiger charge is 2.29. The lowest BCUT2D eigenvalue weighted by Gasteiger charge is -2.33. The van der Waals surface area contributed by atoms with E-state index in [0.29, 0.717) is 29.7 Å². The molecule has 2 aliphatic rings. The van der Waals surface area contributed by atoms with Crippen LogP contribution in [0.4, 0.5) is 0 Å². The first-order valence-corrected chi connectivity index (χ1v) is 9.09. The normalized spacial score (nSPS) is 27.2. The van der Waals surface area contributed by atoms with E-state index in [9.17, 15) is 4.79 Å². The van der Waals surface area contributed by atoms with Crippen molar-refractivity contribution in [2.45, 2.75) is 77.7 Å². The molecule has 0 saturated heterocycles. The van der Waals surface area contributed by atoms with Crippen molar-refractivity contribution in [2.24, 2.45) is 23.5 Å². The Morgan fingerprint density at radius 1 is 1.05 bits per heavy atom. The van der Waals surface area contributed by atoms with Crippen LogP contribution >= 0.6 is 0 Å². The number of carbonyl (C=O) groups is 1. The molecule has 2 N–H and O–H groups in total. The highest BCUT2D eigenvalue weighted by Crippen LogP contribution is 2.32. The zero-order valence-corrected chi connectivity index (χ0v) is 14.0.